The molecule has 1 unspecified atom stereocenters. The van der Waals surface area contributed by atoms with Crippen LogP contribution in [-0.2, 0) is 13.5 Å². The molecule has 2 rings (SSSR count). The average molecular weight is 232 g/mol. The van der Waals surface area contributed by atoms with E-state index in [0.717, 1.165) is 16.7 Å². The van der Waals surface area contributed by atoms with Gasteiger partial charge < -0.3 is 5.11 Å². The van der Waals surface area contributed by atoms with Gasteiger partial charge in [0.2, 0.25) is 0 Å². The van der Waals surface area contributed by atoms with Crippen molar-refractivity contribution in [2.45, 2.75) is 26.4 Å². The van der Waals surface area contributed by atoms with E-state index in [1.165, 1.54) is 4.80 Å². The third-order valence-corrected chi connectivity index (χ3v) is 2.80. The monoisotopic (exact) mass is 232 g/mol. The third kappa shape index (κ3) is 2.50. The minimum Gasteiger partial charge on any atom is -0.388 e. The Kier molecular flexibility index (Phi) is 3.19. The molecule has 1 heterocycles. The van der Waals surface area contributed by atoms with Gasteiger partial charge in [-0.05, 0) is 35.8 Å². The first-order valence-corrected chi connectivity index (χ1v) is 5.55. The second-order valence-electron chi connectivity index (χ2n) is 4.22. The van der Waals surface area contributed by atoms with Gasteiger partial charge in [-0.15, -0.1) is 10.2 Å². The lowest BCUT2D eigenvalue weighted by atomic mass is 9.96. The molecule has 0 amide bonds. The zero-order valence-electron chi connectivity index (χ0n) is 10.3. The normalized spacial score (nSPS) is 12.7. The molecule has 0 spiro atoms. The van der Waals surface area contributed by atoms with Crippen molar-refractivity contribution >= 4 is 0 Å². The van der Waals surface area contributed by atoms with Crippen LogP contribution < -0.4 is 0 Å². The number of aryl methyl sites for hydroxylation is 3. The van der Waals surface area contributed by atoms with E-state index in [0.29, 0.717) is 12.2 Å². The second-order valence-corrected chi connectivity index (χ2v) is 4.22. The number of rotatable bonds is 3. The largest absolute Gasteiger partial charge is 0.388 e. The molecule has 17 heavy (non-hydrogen) atoms. The predicted octanol–water partition coefficient (Wildman–Crippen LogP) is 1.10. The highest BCUT2D eigenvalue weighted by Crippen LogP contribution is 2.23. The van der Waals surface area contributed by atoms with Crippen LogP contribution in [0.2, 0.25) is 0 Å². The van der Waals surface area contributed by atoms with E-state index in [1.54, 1.807) is 7.05 Å². The quantitative estimate of drug-likeness (QED) is 0.860. The molecule has 0 saturated heterocycles. The van der Waals surface area contributed by atoms with Crippen molar-refractivity contribution in [2.24, 2.45) is 7.05 Å². The zero-order chi connectivity index (χ0) is 12.4. The molecule has 90 valence electrons. The molecule has 5 heteroatoms. The summed E-state index contributed by atoms with van der Waals surface area (Å²) in [6, 6.07) is 5.98. The number of benzene rings is 1. The van der Waals surface area contributed by atoms with Crippen LogP contribution in [0.4, 0.5) is 0 Å². The Balaban J connectivity index is 2.22. The third-order valence-electron chi connectivity index (χ3n) is 2.80. The smallest absolute Gasteiger partial charge is 0.177 e. The SMILES string of the molecule is Cc1cccc(C)c1C(O)Cc1nnn(C)n1. The van der Waals surface area contributed by atoms with Gasteiger partial charge in [-0.2, -0.15) is 4.80 Å². The summed E-state index contributed by atoms with van der Waals surface area (Å²) in [6.45, 7) is 3.99. The lowest BCUT2D eigenvalue weighted by Gasteiger charge is -2.14. The van der Waals surface area contributed by atoms with Crippen molar-refractivity contribution in [2.75, 3.05) is 0 Å². The van der Waals surface area contributed by atoms with Gasteiger partial charge in [-0.1, -0.05) is 18.2 Å². The molecule has 1 aromatic heterocycles. The van der Waals surface area contributed by atoms with Crippen LogP contribution in [0.3, 0.4) is 0 Å². The molecule has 0 bridgehead atoms. The van der Waals surface area contributed by atoms with Crippen LogP contribution in [0, 0.1) is 13.8 Å². The van der Waals surface area contributed by atoms with E-state index in [1.807, 2.05) is 32.0 Å². The molecule has 2 aromatic rings. The summed E-state index contributed by atoms with van der Waals surface area (Å²) < 4.78 is 0. The van der Waals surface area contributed by atoms with E-state index >= 15 is 0 Å². The molecular formula is C12H16N4O. The average Bonchev–Trinajstić information content (AvgIpc) is 2.63. The van der Waals surface area contributed by atoms with Gasteiger partial charge in [0.1, 0.15) is 0 Å². The fourth-order valence-corrected chi connectivity index (χ4v) is 2.03. The topological polar surface area (TPSA) is 63.8 Å². The predicted molar refractivity (Wildman–Crippen MR) is 63.4 cm³/mol. The first-order chi connectivity index (χ1) is 8.08. The molecule has 0 aliphatic rings. The van der Waals surface area contributed by atoms with Crippen LogP contribution >= 0.6 is 0 Å². The van der Waals surface area contributed by atoms with Gasteiger partial charge in [0, 0.05) is 6.42 Å². The molecule has 5 nitrogen and oxygen atoms in total. The standard InChI is InChI=1S/C12H16N4O/c1-8-5-4-6-9(2)12(8)10(17)7-11-13-15-16(3)14-11/h4-6,10,17H,7H2,1-3H3. The minimum atomic E-state index is -0.583. The number of aromatic nitrogens is 4. The number of aliphatic hydroxyl groups is 1. The maximum atomic E-state index is 10.2. The molecule has 0 fully saturated rings. The molecule has 1 atom stereocenters. The first-order valence-electron chi connectivity index (χ1n) is 5.55. The van der Waals surface area contributed by atoms with Gasteiger partial charge >= 0.3 is 0 Å². The van der Waals surface area contributed by atoms with E-state index in [-0.39, 0.29) is 0 Å². The highest BCUT2D eigenvalue weighted by Gasteiger charge is 2.16. The summed E-state index contributed by atoms with van der Waals surface area (Å²) in [5.74, 6) is 0.558. The highest BCUT2D eigenvalue weighted by atomic mass is 16.3. The molecule has 0 radical (unpaired) electrons. The minimum absolute atomic E-state index is 0.388. The van der Waals surface area contributed by atoms with Crippen molar-refractivity contribution in [3.63, 3.8) is 0 Å². The maximum Gasteiger partial charge on any atom is 0.177 e. The Hall–Kier alpha value is -1.75. The zero-order valence-corrected chi connectivity index (χ0v) is 10.3. The molecule has 0 aliphatic carbocycles. The van der Waals surface area contributed by atoms with E-state index in [2.05, 4.69) is 15.4 Å². The van der Waals surface area contributed by atoms with Crippen LogP contribution in [0.15, 0.2) is 18.2 Å². The number of tetrazole rings is 1. The first kappa shape index (κ1) is 11.7. The van der Waals surface area contributed by atoms with E-state index in [4.69, 9.17) is 0 Å². The Morgan fingerprint density at radius 1 is 1.29 bits per heavy atom. The summed E-state index contributed by atoms with van der Waals surface area (Å²) in [4.78, 5) is 1.40. The Labute approximate surface area is 100 Å². The van der Waals surface area contributed by atoms with Crippen LogP contribution in [0.1, 0.15) is 28.6 Å². The summed E-state index contributed by atoms with van der Waals surface area (Å²) in [5, 5.41) is 21.9. The summed E-state index contributed by atoms with van der Waals surface area (Å²) in [6.07, 6.45) is -0.195. The van der Waals surface area contributed by atoms with Gasteiger partial charge in [-0.3, -0.25) is 0 Å². The Morgan fingerprint density at radius 2 is 1.94 bits per heavy atom. The summed E-state index contributed by atoms with van der Waals surface area (Å²) >= 11 is 0. The molecular weight excluding hydrogens is 216 g/mol. The fourth-order valence-electron chi connectivity index (χ4n) is 2.03. The number of hydrogen-bond donors (Lipinski definition) is 1. The van der Waals surface area contributed by atoms with Crippen molar-refractivity contribution in [1.29, 1.82) is 0 Å². The number of nitrogens with zero attached hydrogens (tertiary/aromatic N) is 4. The van der Waals surface area contributed by atoms with Crippen LogP contribution in [0.5, 0.6) is 0 Å². The summed E-state index contributed by atoms with van der Waals surface area (Å²) in [7, 11) is 1.71. The molecule has 1 aromatic carbocycles. The van der Waals surface area contributed by atoms with Crippen molar-refractivity contribution in [3.05, 3.63) is 40.7 Å². The van der Waals surface area contributed by atoms with E-state index < -0.39 is 6.10 Å². The number of hydrogen-bond acceptors (Lipinski definition) is 4. The van der Waals surface area contributed by atoms with Crippen LogP contribution in [0.25, 0.3) is 0 Å². The Morgan fingerprint density at radius 3 is 2.47 bits per heavy atom. The molecule has 0 aliphatic heterocycles. The van der Waals surface area contributed by atoms with Gasteiger partial charge in [0.15, 0.2) is 5.82 Å². The lowest BCUT2D eigenvalue weighted by molar-refractivity contribution is 0.174. The van der Waals surface area contributed by atoms with E-state index in [9.17, 15) is 5.11 Å². The maximum absolute atomic E-state index is 10.2. The Bertz CT molecular complexity index is 501. The van der Waals surface area contributed by atoms with Crippen LogP contribution in [-0.4, -0.2) is 25.3 Å². The second kappa shape index (κ2) is 4.63. The van der Waals surface area contributed by atoms with Gasteiger partial charge in [-0.25, -0.2) is 0 Å². The lowest BCUT2D eigenvalue weighted by Crippen LogP contribution is -2.07. The molecule has 1 N–H and O–H groups in total. The fraction of sp³-hybridized carbons (Fsp3) is 0.417. The van der Waals surface area contributed by atoms with Crippen molar-refractivity contribution < 1.29 is 5.11 Å². The van der Waals surface area contributed by atoms with Crippen molar-refractivity contribution in [3.8, 4) is 0 Å². The molecule has 0 saturated carbocycles. The van der Waals surface area contributed by atoms with Gasteiger partial charge in [0.05, 0.1) is 13.2 Å². The number of aliphatic hydroxyl groups excluding tert-OH is 1. The van der Waals surface area contributed by atoms with Crippen molar-refractivity contribution in [1.82, 2.24) is 20.2 Å². The summed E-state index contributed by atoms with van der Waals surface area (Å²) in [5.41, 5.74) is 3.13. The van der Waals surface area contributed by atoms with Gasteiger partial charge in [0.25, 0.3) is 0 Å². The highest BCUT2D eigenvalue weighted by molar-refractivity contribution is 5.35.